The van der Waals surface area contributed by atoms with Crippen LogP contribution in [0.4, 0.5) is 11.6 Å². The monoisotopic (exact) mass is 264 g/mol. The average Bonchev–Trinajstić information content (AvgIpc) is 2.36. The number of hydrogen-bond donors (Lipinski definition) is 2. The van der Waals surface area contributed by atoms with Crippen LogP contribution in [0.15, 0.2) is 12.4 Å². The second kappa shape index (κ2) is 8.73. The van der Waals surface area contributed by atoms with Crippen LogP contribution >= 0.6 is 0 Å². The maximum Gasteiger partial charge on any atom is 0.131 e. The molecular formula is C15H28N4. The topological polar surface area (TPSA) is 49.8 Å². The van der Waals surface area contributed by atoms with Gasteiger partial charge in [0.05, 0.1) is 0 Å². The molecule has 4 heteroatoms. The third kappa shape index (κ3) is 6.99. The van der Waals surface area contributed by atoms with Gasteiger partial charge in [0.1, 0.15) is 18.0 Å². The van der Waals surface area contributed by atoms with Gasteiger partial charge in [-0.1, -0.05) is 33.6 Å². The molecule has 0 radical (unpaired) electrons. The summed E-state index contributed by atoms with van der Waals surface area (Å²) in [6.07, 6.45) is 6.44. The maximum atomic E-state index is 4.27. The molecule has 1 heterocycles. The van der Waals surface area contributed by atoms with Crippen molar-refractivity contribution in [2.24, 2.45) is 5.92 Å². The van der Waals surface area contributed by atoms with E-state index >= 15 is 0 Å². The zero-order chi connectivity index (χ0) is 14.1. The summed E-state index contributed by atoms with van der Waals surface area (Å²) < 4.78 is 0. The Kier molecular flexibility index (Phi) is 7.23. The normalized spacial score (nSPS) is 12.5. The highest BCUT2D eigenvalue weighted by Gasteiger charge is 2.05. The Balaban J connectivity index is 2.38. The van der Waals surface area contributed by atoms with Crippen molar-refractivity contribution in [2.45, 2.75) is 59.4 Å². The van der Waals surface area contributed by atoms with Crippen LogP contribution in [0, 0.1) is 5.92 Å². The van der Waals surface area contributed by atoms with Gasteiger partial charge in [-0.25, -0.2) is 9.97 Å². The zero-order valence-corrected chi connectivity index (χ0v) is 12.7. The van der Waals surface area contributed by atoms with Gasteiger partial charge in [-0.05, 0) is 25.7 Å². The van der Waals surface area contributed by atoms with E-state index in [0.717, 1.165) is 30.5 Å². The number of nitrogens with one attached hydrogen (secondary N) is 2. The smallest absolute Gasteiger partial charge is 0.131 e. The molecular weight excluding hydrogens is 236 g/mol. The SMILES string of the molecule is CCCNc1cc(NC(C)CCCC(C)C)ncn1. The molecule has 1 rings (SSSR count). The second-order valence-corrected chi connectivity index (χ2v) is 5.59. The quantitative estimate of drug-likeness (QED) is 0.709. The van der Waals surface area contributed by atoms with Crippen LogP contribution in [0.25, 0.3) is 0 Å². The molecule has 1 atom stereocenters. The predicted molar refractivity (Wildman–Crippen MR) is 82.6 cm³/mol. The lowest BCUT2D eigenvalue weighted by atomic mass is 10.0. The Bertz CT molecular complexity index is 352. The molecule has 1 unspecified atom stereocenters. The Labute approximate surface area is 117 Å². The van der Waals surface area contributed by atoms with Crippen LogP contribution in [0.1, 0.15) is 53.4 Å². The van der Waals surface area contributed by atoms with Gasteiger partial charge in [0.2, 0.25) is 0 Å². The summed E-state index contributed by atoms with van der Waals surface area (Å²) in [7, 11) is 0. The molecule has 0 bridgehead atoms. The van der Waals surface area contributed by atoms with E-state index in [1.54, 1.807) is 6.33 Å². The van der Waals surface area contributed by atoms with Gasteiger partial charge in [0.15, 0.2) is 0 Å². The lowest BCUT2D eigenvalue weighted by molar-refractivity contribution is 0.520. The highest BCUT2D eigenvalue weighted by Crippen LogP contribution is 2.13. The van der Waals surface area contributed by atoms with Crippen molar-refractivity contribution in [2.75, 3.05) is 17.2 Å². The summed E-state index contributed by atoms with van der Waals surface area (Å²) in [6.45, 7) is 9.84. The van der Waals surface area contributed by atoms with Gasteiger partial charge in [-0.2, -0.15) is 0 Å². The highest BCUT2D eigenvalue weighted by atomic mass is 15.1. The van der Waals surface area contributed by atoms with Crippen molar-refractivity contribution in [1.82, 2.24) is 9.97 Å². The number of nitrogens with zero attached hydrogens (tertiary/aromatic N) is 2. The summed E-state index contributed by atoms with van der Waals surface area (Å²) >= 11 is 0. The van der Waals surface area contributed by atoms with Crippen LogP contribution < -0.4 is 10.6 Å². The Morgan fingerprint density at radius 2 is 1.84 bits per heavy atom. The molecule has 0 aliphatic rings. The molecule has 19 heavy (non-hydrogen) atoms. The molecule has 0 aromatic carbocycles. The van der Waals surface area contributed by atoms with Gasteiger partial charge in [0, 0.05) is 18.7 Å². The second-order valence-electron chi connectivity index (χ2n) is 5.59. The molecule has 0 spiro atoms. The van der Waals surface area contributed by atoms with Crippen LogP contribution in [0.2, 0.25) is 0 Å². The first-order valence-corrected chi connectivity index (χ1v) is 7.44. The minimum absolute atomic E-state index is 0.452. The molecule has 0 amide bonds. The third-order valence-corrected chi connectivity index (χ3v) is 3.04. The first-order chi connectivity index (χ1) is 9.11. The van der Waals surface area contributed by atoms with Crippen LogP contribution in [0.5, 0.6) is 0 Å². The summed E-state index contributed by atoms with van der Waals surface area (Å²) in [6, 6.07) is 2.43. The minimum Gasteiger partial charge on any atom is -0.370 e. The van der Waals surface area contributed by atoms with Gasteiger partial charge in [-0.3, -0.25) is 0 Å². The molecule has 1 aromatic heterocycles. The molecule has 0 saturated heterocycles. The molecule has 4 nitrogen and oxygen atoms in total. The largest absolute Gasteiger partial charge is 0.370 e. The molecule has 0 saturated carbocycles. The van der Waals surface area contributed by atoms with E-state index in [1.807, 2.05) is 6.07 Å². The van der Waals surface area contributed by atoms with Gasteiger partial charge >= 0.3 is 0 Å². The predicted octanol–water partition coefficient (Wildman–Crippen LogP) is 3.93. The van der Waals surface area contributed by atoms with E-state index < -0.39 is 0 Å². The van der Waals surface area contributed by atoms with Crippen LogP contribution in [-0.2, 0) is 0 Å². The fourth-order valence-electron chi connectivity index (χ4n) is 1.94. The highest BCUT2D eigenvalue weighted by molar-refractivity contribution is 5.46. The lowest BCUT2D eigenvalue weighted by Crippen LogP contribution is -2.16. The molecule has 0 aliphatic heterocycles. The van der Waals surface area contributed by atoms with Gasteiger partial charge < -0.3 is 10.6 Å². The first-order valence-electron chi connectivity index (χ1n) is 7.44. The standard InChI is InChI=1S/C15H28N4/c1-5-9-16-14-10-15(18-11-17-14)19-13(4)8-6-7-12(2)3/h10-13H,5-9H2,1-4H3,(H2,16,17,18,19). The van der Waals surface area contributed by atoms with E-state index in [0.29, 0.717) is 6.04 Å². The van der Waals surface area contributed by atoms with E-state index in [2.05, 4.69) is 48.3 Å². The minimum atomic E-state index is 0.452. The number of anilines is 2. The molecule has 2 N–H and O–H groups in total. The molecule has 108 valence electrons. The number of aromatic nitrogens is 2. The first kappa shape index (κ1) is 15.7. The van der Waals surface area contributed by atoms with E-state index in [9.17, 15) is 0 Å². The fourth-order valence-corrected chi connectivity index (χ4v) is 1.94. The van der Waals surface area contributed by atoms with Crippen molar-refractivity contribution in [3.63, 3.8) is 0 Å². The van der Waals surface area contributed by atoms with Crippen molar-refractivity contribution in [3.05, 3.63) is 12.4 Å². The third-order valence-electron chi connectivity index (χ3n) is 3.04. The molecule has 1 aromatic rings. The van der Waals surface area contributed by atoms with Gasteiger partial charge in [-0.15, -0.1) is 0 Å². The molecule has 0 aliphatic carbocycles. The van der Waals surface area contributed by atoms with Crippen molar-refractivity contribution in [1.29, 1.82) is 0 Å². The average molecular weight is 264 g/mol. The van der Waals surface area contributed by atoms with E-state index in [1.165, 1.54) is 19.3 Å². The van der Waals surface area contributed by atoms with Crippen LogP contribution in [0.3, 0.4) is 0 Å². The Morgan fingerprint density at radius 1 is 1.11 bits per heavy atom. The summed E-state index contributed by atoms with van der Waals surface area (Å²) in [5.41, 5.74) is 0. The number of rotatable bonds is 9. The fraction of sp³-hybridized carbons (Fsp3) is 0.733. The van der Waals surface area contributed by atoms with Crippen molar-refractivity contribution >= 4 is 11.6 Å². The molecule has 0 fully saturated rings. The van der Waals surface area contributed by atoms with E-state index in [-0.39, 0.29) is 0 Å². The van der Waals surface area contributed by atoms with Gasteiger partial charge in [0.25, 0.3) is 0 Å². The zero-order valence-electron chi connectivity index (χ0n) is 12.7. The maximum absolute atomic E-state index is 4.27. The Morgan fingerprint density at radius 3 is 2.53 bits per heavy atom. The van der Waals surface area contributed by atoms with Crippen LogP contribution in [-0.4, -0.2) is 22.6 Å². The Hall–Kier alpha value is -1.32. The number of hydrogen-bond acceptors (Lipinski definition) is 4. The summed E-state index contributed by atoms with van der Waals surface area (Å²) in [4.78, 5) is 8.48. The lowest BCUT2D eigenvalue weighted by Gasteiger charge is -2.15. The van der Waals surface area contributed by atoms with Crippen molar-refractivity contribution in [3.8, 4) is 0 Å². The summed E-state index contributed by atoms with van der Waals surface area (Å²) in [5, 5.41) is 6.72. The van der Waals surface area contributed by atoms with E-state index in [4.69, 9.17) is 0 Å². The van der Waals surface area contributed by atoms with Crippen molar-refractivity contribution < 1.29 is 0 Å². The summed E-state index contributed by atoms with van der Waals surface area (Å²) in [5.74, 6) is 2.59.